The lowest BCUT2D eigenvalue weighted by atomic mass is 10.1. The minimum atomic E-state index is -0.940. The van der Waals surface area contributed by atoms with E-state index >= 15 is 0 Å². The molecule has 0 fully saturated rings. The number of unbranched alkanes of at least 4 members (excludes halogenated alkanes) is 10. The molecule has 0 amide bonds. The topological polar surface area (TPSA) is 123 Å². The molecule has 10 nitrogen and oxygen atoms in total. The van der Waals surface area contributed by atoms with Gasteiger partial charge in [0.15, 0.2) is 6.29 Å². The summed E-state index contributed by atoms with van der Waals surface area (Å²) in [5.41, 5.74) is -0.110. The highest BCUT2D eigenvalue weighted by molar-refractivity contribution is 5.69. The molecule has 1 aromatic carbocycles. The molecule has 0 bridgehead atoms. The van der Waals surface area contributed by atoms with Crippen LogP contribution in [-0.2, 0) is 23.7 Å². The van der Waals surface area contributed by atoms with Crippen molar-refractivity contribution in [1.82, 2.24) is 0 Å². The van der Waals surface area contributed by atoms with E-state index < -0.39 is 17.4 Å². The van der Waals surface area contributed by atoms with Crippen molar-refractivity contribution in [1.29, 1.82) is 0 Å². The fourth-order valence-electron chi connectivity index (χ4n) is 3.97. The van der Waals surface area contributed by atoms with Gasteiger partial charge in [-0.05, 0) is 25.0 Å². The second-order valence-electron chi connectivity index (χ2n) is 10.4. The summed E-state index contributed by atoms with van der Waals surface area (Å²) in [6.07, 6.45) is 13.4. The third-order valence-corrected chi connectivity index (χ3v) is 6.45. The van der Waals surface area contributed by atoms with Gasteiger partial charge in [-0.3, -0.25) is 14.9 Å². The van der Waals surface area contributed by atoms with E-state index in [1.54, 1.807) is 6.92 Å². The van der Waals surface area contributed by atoms with Crippen LogP contribution in [0.25, 0.3) is 0 Å². The maximum Gasteiger partial charge on any atom is 0.513 e. The number of hydrogen-bond acceptors (Lipinski definition) is 9. The predicted octanol–water partition coefficient (Wildman–Crippen LogP) is 8.15. The first kappa shape index (κ1) is 36.3. The Bertz CT molecular complexity index is 813. The molecule has 10 heteroatoms. The van der Waals surface area contributed by atoms with E-state index in [1.807, 2.05) is 0 Å². The monoisotopic (exact) mass is 581 g/mol. The molecular weight excluding hydrogens is 530 g/mol. The Morgan fingerprint density at radius 2 is 1.29 bits per heavy atom. The molecule has 1 rings (SSSR count). The molecule has 234 valence electrons. The number of carbonyl (C=O) groups excluding carboxylic acids is 2. The minimum absolute atomic E-state index is 0.00947. The van der Waals surface area contributed by atoms with Crippen molar-refractivity contribution in [3.8, 4) is 5.75 Å². The molecule has 0 aliphatic carbocycles. The molecule has 0 heterocycles. The van der Waals surface area contributed by atoms with E-state index in [0.717, 1.165) is 25.7 Å². The molecule has 0 saturated carbocycles. The normalized spacial score (nSPS) is 11.8. The Morgan fingerprint density at radius 1 is 0.780 bits per heavy atom. The largest absolute Gasteiger partial charge is 0.513 e. The van der Waals surface area contributed by atoms with Crippen LogP contribution in [0.3, 0.4) is 0 Å². The smallest absolute Gasteiger partial charge is 0.465 e. The summed E-state index contributed by atoms with van der Waals surface area (Å²) < 4.78 is 27.4. The summed E-state index contributed by atoms with van der Waals surface area (Å²) in [6, 6.07) is 5.09. The number of benzene rings is 1. The van der Waals surface area contributed by atoms with Gasteiger partial charge in [-0.15, -0.1) is 0 Å². The Morgan fingerprint density at radius 3 is 1.83 bits per heavy atom. The quantitative estimate of drug-likeness (QED) is 0.0281. The van der Waals surface area contributed by atoms with Gasteiger partial charge in [-0.1, -0.05) is 85.0 Å². The van der Waals surface area contributed by atoms with Crippen molar-refractivity contribution in [2.24, 2.45) is 5.92 Å². The minimum Gasteiger partial charge on any atom is -0.465 e. The van der Waals surface area contributed by atoms with Gasteiger partial charge in [-0.25, -0.2) is 4.79 Å². The number of nitrogens with zero attached hydrogens (tertiary/aromatic N) is 1. The Kier molecular flexibility index (Phi) is 21.2. The molecule has 0 aliphatic heterocycles. The summed E-state index contributed by atoms with van der Waals surface area (Å²) in [4.78, 5) is 34.4. The maximum atomic E-state index is 12.3. The molecule has 0 spiro atoms. The van der Waals surface area contributed by atoms with Crippen LogP contribution < -0.4 is 4.74 Å². The zero-order valence-electron chi connectivity index (χ0n) is 25.3. The van der Waals surface area contributed by atoms with Crippen molar-refractivity contribution in [2.75, 3.05) is 26.4 Å². The number of ether oxygens (including phenoxy) is 5. The lowest BCUT2D eigenvalue weighted by molar-refractivity contribution is -0.384. The van der Waals surface area contributed by atoms with Crippen LogP contribution in [0.4, 0.5) is 10.5 Å². The number of hydrogen-bond donors (Lipinski definition) is 0. The lowest BCUT2D eigenvalue weighted by Gasteiger charge is -2.19. The van der Waals surface area contributed by atoms with Gasteiger partial charge in [0.2, 0.25) is 0 Å². The number of nitro groups is 1. The highest BCUT2D eigenvalue weighted by Gasteiger charge is 2.16. The van der Waals surface area contributed by atoms with Crippen LogP contribution in [0.15, 0.2) is 24.3 Å². The average molecular weight is 582 g/mol. The summed E-state index contributed by atoms with van der Waals surface area (Å²) in [7, 11) is 0. The van der Waals surface area contributed by atoms with Crippen molar-refractivity contribution >= 4 is 17.8 Å². The number of rotatable bonds is 25. The number of esters is 1. The zero-order valence-corrected chi connectivity index (χ0v) is 25.3. The van der Waals surface area contributed by atoms with Crippen LogP contribution >= 0.6 is 0 Å². The van der Waals surface area contributed by atoms with Crippen molar-refractivity contribution in [3.63, 3.8) is 0 Å². The molecule has 0 N–H and O–H groups in total. The first-order chi connectivity index (χ1) is 19.8. The Labute approximate surface area is 245 Å². The van der Waals surface area contributed by atoms with E-state index in [2.05, 4.69) is 13.8 Å². The number of nitro benzene ring substituents is 1. The van der Waals surface area contributed by atoms with Gasteiger partial charge in [0.05, 0.1) is 18.0 Å². The summed E-state index contributed by atoms with van der Waals surface area (Å²) in [5, 5.41) is 10.7. The van der Waals surface area contributed by atoms with E-state index in [4.69, 9.17) is 23.7 Å². The van der Waals surface area contributed by atoms with E-state index in [9.17, 15) is 19.7 Å². The predicted molar refractivity (Wildman–Crippen MR) is 157 cm³/mol. The highest BCUT2D eigenvalue weighted by Crippen LogP contribution is 2.18. The second kappa shape index (κ2) is 23.9. The molecule has 0 radical (unpaired) electrons. The Hall–Kier alpha value is -2.72. The summed E-state index contributed by atoms with van der Waals surface area (Å²) in [6.45, 7) is 7.51. The molecule has 1 aromatic rings. The standard InChI is InChI=1S/C31H51NO9/c1-4-6-8-10-12-14-22-37-30(38-23-15-13-11-9-7-5-2)21-20-29(33)39-24-26(3)25-40-31(34)41-28-18-16-27(17-19-28)32(35)36/h16-19,26,30H,4-15,20-25H2,1-3H3. The molecular formula is C31H51NO9. The highest BCUT2D eigenvalue weighted by atomic mass is 16.7. The fraction of sp³-hybridized carbons (Fsp3) is 0.742. The molecule has 1 atom stereocenters. The molecule has 0 aromatic heterocycles. The first-order valence-electron chi connectivity index (χ1n) is 15.3. The molecule has 0 saturated heterocycles. The van der Waals surface area contributed by atoms with Crippen LogP contribution in [0.1, 0.15) is 111 Å². The summed E-state index contributed by atoms with van der Waals surface area (Å²) in [5.74, 6) is -0.472. The van der Waals surface area contributed by atoms with Crippen LogP contribution in [0.2, 0.25) is 0 Å². The number of non-ortho nitro benzene ring substituents is 1. The van der Waals surface area contributed by atoms with Crippen molar-refractivity contribution < 1.29 is 38.2 Å². The molecule has 0 aliphatic rings. The van der Waals surface area contributed by atoms with Gasteiger partial charge >= 0.3 is 12.1 Å². The SMILES string of the molecule is CCCCCCCCOC(CCC(=O)OCC(C)COC(=O)Oc1ccc([N+](=O)[O-])cc1)OCCCCCCCC. The van der Waals surface area contributed by atoms with E-state index in [0.29, 0.717) is 19.6 Å². The van der Waals surface area contributed by atoms with Crippen LogP contribution in [-0.4, -0.2) is 49.8 Å². The molecule has 1 unspecified atom stereocenters. The van der Waals surface area contributed by atoms with E-state index in [1.165, 1.54) is 75.6 Å². The summed E-state index contributed by atoms with van der Waals surface area (Å²) >= 11 is 0. The van der Waals surface area contributed by atoms with E-state index in [-0.39, 0.29) is 43.0 Å². The maximum absolute atomic E-state index is 12.3. The lowest BCUT2D eigenvalue weighted by Crippen LogP contribution is -2.22. The second-order valence-corrected chi connectivity index (χ2v) is 10.4. The van der Waals surface area contributed by atoms with Crippen molar-refractivity contribution in [3.05, 3.63) is 34.4 Å². The third-order valence-electron chi connectivity index (χ3n) is 6.45. The van der Waals surface area contributed by atoms with Crippen LogP contribution in [0, 0.1) is 16.0 Å². The van der Waals surface area contributed by atoms with Crippen molar-refractivity contribution in [2.45, 2.75) is 117 Å². The third kappa shape index (κ3) is 19.9. The van der Waals surface area contributed by atoms with Gasteiger partial charge in [0.1, 0.15) is 12.4 Å². The molecule has 41 heavy (non-hydrogen) atoms. The average Bonchev–Trinajstić information content (AvgIpc) is 2.96. The zero-order chi connectivity index (χ0) is 30.1. The fourth-order valence-corrected chi connectivity index (χ4v) is 3.97. The van der Waals surface area contributed by atoms with Gasteiger partial charge in [0, 0.05) is 37.7 Å². The van der Waals surface area contributed by atoms with Gasteiger partial charge in [0.25, 0.3) is 5.69 Å². The van der Waals surface area contributed by atoms with Gasteiger partial charge in [-0.2, -0.15) is 0 Å². The van der Waals surface area contributed by atoms with Crippen LogP contribution in [0.5, 0.6) is 5.75 Å². The van der Waals surface area contributed by atoms with Gasteiger partial charge < -0.3 is 23.7 Å². The first-order valence-corrected chi connectivity index (χ1v) is 15.3. The number of carbonyl (C=O) groups is 2. The Balaban J connectivity index is 2.30.